The van der Waals surface area contributed by atoms with Crippen molar-refractivity contribution >= 4 is 36.6 Å². The second-order valence-corrected chi connectivity index (χ2v) is 7.53. The summed E-state index contributed by atoms with van der Waals surface area (Å²) in [7, 11) is 0. The largest absolute Gasteiger partial charge is 0.341 e. The number of aromatic nitrogens is 1. The minimum Gasteiger partial charge on any atom is -0.341 e. The first-order chi connectivity index (χ1) is 14.2. The first kappa shape index (κ1) is 26.9. The highest BCUT2D eigenvalue weighted by molar-refractivity contribution is 5.97. The van der Waals surface area contributed by atoms with Gasteiger partial charge in [0.15, 0.2) is 0 Å². The Hall–Kier alpha value is -2.15. The van der Waals surface area contributed by atoms with Gasteiger partial charge in [0.05, 0.1) is 5.56 Å². The van der Waals surface area contributed by atoms with E-state index in [1.807, 2.05) is 35.2 Å². The van der Waals surface area contributed by atoms with Crippen molar-refractivity contribution in [3.05, 3.63) is 66.0 Å². The average Bonchev–Trinajstić information content (AvgIpc) is 2.78. The minimum absolute atomic E-state index is 0. The van der Waals surface area contributed by atoms with E-state index in [-0.39, 0.29) is 36.6 Å². The van der Waals surface area contributed by atoms with E-state index in [1.54, 1.807) is 18.3 Å². The van der Waals surface area contributed by atoms with Crippen LogP contribution in [0, 0.1) is 5.92 Å². The van der Waals surface area contributed by atoms with Crippen molar-refractivity contribution < 1.29 is 9.59 Å². The molecule has 1 unspecified atom stereocenters. The van der Waals surface area contributed by atoms with E-state index < -0.39 is 6.04 Å². The molecule has 2 aromatic rings. The molecule has 6 nitrogen and oxygen atoms in total. The molecular weight excluding hydrogens is 435 g/mol. The van der Waals surface area contributed by atoms with Gasteiger partial charge in [0.2, 0.25) is 5.91 Å². The summed E-state index contributed by atoms with van der Waals surface area (Å²) < 4.78 is 0. The SMILES string of the molecule is CCNCC1CCN(C(=O)C(Cc2ccccc2)NC(=O)c2cccnc2)CC1.Cl.Cl. The lowest BCUT2D eigenvalue weighted by Crippen LogP contribution is -2.52. The maximum absolute atomic E-state index is 13.3. The van der Waals surface area contributed by atoms with Gasteiger partial charge in [0, 0.05) is 31.9 Å². The van der Waals surface area contributed by atoms with Crippen molar-refractivity contribution in [1.82, 2.24) is 20.5 Å². The molecule has 1 aromatic heterocycles. The van der Waals surface area contributed by atoms with Crippen LogP contribution in [-0.2, 0) is 11.2 Å². The summed E-state index contributed by atoms with van der Waals surface area (Å²) in [4.78, 5) is 31.8. The highest BCUT2D eigenvalue weighted by Gasteiger charge is 2.29. The van der Waals surface area contributed by atoms with Crippen LogP contribution >= 0.6 is 24.8 Å². The summed E-state index contributed by atoms with van der Waals surface area (Å²) in [5, 5.41) is 6.34. The molecule has 2 amide bonds. The molecule has 0 radical (unpaired) electrons. The topological polar surface area (TPSA) is 74.3 Å². The molecule has 170 valence electrons. The minimum atomic E-state index is -0.588. The molecule has 31 heavy (non-hydrogen) atoms. The molecule has 0 spiro atoms. The van der Waals surface area contributed by atoms with Gasteiger partial charge in [-0.05, 0) is 49.5 Å². The van der Waals surface area contributed by atoms with Crippen LogP contribution in [0.5, 0.6) is 0 Å². The van der Waals surface area contributed by atoms with Crippen LogP contribution in [0.1, 0.15) is 35.7 Å². The lowest BCUT2D eigenvalue weighted by molar-refractivity contribution is -0.134. The Bertz CT molecular complexity index is 785. The fourth-order valence-electron chi connectivity index (χ4n) is 3.71. The summed E-state index contributed by atoms with van der Waals surface area (Å²) in [5.74, 6) is 0.332. The molecule has 1 aromatic carbocycles. The number of carbonyl (C=O) groups excluding carboxylic acids is 2. The van der Waals surface area contributed by atoms with Gasteiger partial charge in [-0.2, -0.15) is 0 Å². The third-order valence-electron chi connectivity index (χ3n) is 5.42. The molecule has 1 atom stereocenters. The van der Waals surface area contributed by atoms with Gasteiger partial charge < -0.3 is 15.5 Å². The molecule has 2 N–H and O–H groups in total. The number of rotatable bonds is 8. The third kappa shape index (κ3) is 8.13. The summed E-state index contributed by atoms with van der Waals surface area (Å²) in [6.45, 7) is 5.56. The predicted octanol–water partition coefficient (Wildman–Crippen LogP) is 3.11. The Kier molecular flexibility index (Phi) is 12.2. The summed E-state index contributed by atoms with van der Waals surface area (Å²) in [6.07, 6.45) is 5.61. The number of likely N-dealkylation sites (tertiary alicyclic amines) is 1. The summed E-state index contributed by atoms with van der Waals surface area (Å²) in [5.41, 5.74) is 1.49. The van der Waals surface area contributed by atoms with E-state index in [0.29, 0.717) is 17.9 Å². The maximum atomic E-state index is 13.3. The molecule has 1 aliphatic rings. The molecule has 1 saturated heterocycles. The lowest BCUT2D eigenvalue weighted by Gasteiger charge is -2.34. The van der Waals surface area contributed by atoms with Crippen molar-refractivity contribution in [2.24, 2.45) is 5.92 Å². The molecule has 3 rings (SSSR count). The third-order valence-corrected chi connectivity index (χ3v) is 5.42. The number of piperidine rings is 1. The van der Waals surface area contributed by atoms with Crippen LogP contribution in [0.25, 0.3) is 0 Å². The van der Waals surface area contributed by atoms with Crippen molar-refractivity contribution in [1.29, 1.82) is 0 Å². The number of nitrogens with zero attached hydrogens (tertiary/aromatic N) is 2. The number of halogens is 2. The van der Waals surface area contributed by atoms with Crippen molar-refractivity contribution in [2.75, 3.05) is 26.2 Å². The van der Waals surface area contributed by atoms with Gasteiger partial charge >= 0.3 is 0 Å². The van der Waals surface area contributed by atoms with Gasteiger partial charge in [-0.3, -0.25) is 14.6 Å². The highest BCUT2D eigenvalue weighted by Crippen LogP contribution is 2.18. The quantitative estimate of drug-likeness (QED) is 0.626. The Morgan fingerprint density at radius 2 is 1.81 bits per heavy atom. The number of benzene rings is 1. The molecule has 1 aliphatic heterocycles. The van der Waals surface area contributed by atoms with E-state index in [2.05, 4.69) is 22.5 Å². The van der Waals surface area contributed by atoms with Crippen LogP contribution in [0.2, 0.25) is 0 Å². The number of carbonyl (C=O) groups is 2. The summed E-state index contributed by atoms with van der Waals surface area (Å²) in [6, 6.07) is 12.7. The zero-order valence-corrected chi connectivity index (χ0v) is 19.5. The van der Waals surface area contributed by atoms with Gasteiger partial charge in [-0.1, -0.05) is 37.3 Å². The number of hydrogen-bond donors (Lipinski definition) is 2. The fraction of sp³-hybridized carbons (Fsp3) is 0.435. The normalized spacial score (nSPS) is 14.7. The number of nitrogens with one attached hydrogen (secondary N) is 2. The van der Waals surface area contributed by atoms with E-state index in [1.165, 1.54) is 6.20 Å². The Balaban J connectivity index is 0.00000240. The van der Waals surface area contributed by atoms with Crippen LogP contribution in [0.4, 0.5) is 0 Å². The van der Waals surface area contributed by atoms with Gasteiger partial charge in [-0.15, -0.1) is 24.8 Å². The Morgan fingerprint density at radius 3 is 2.42 bits per heavy atom. The Labute approximate surface area is 197 Å². The van der Waals surface area contributed by atoms with Crippen LogP contribution in [0.15, 0.2) is 54.9 Å². The zero-order valence-electron chi connectivity index (χ0n) is 17.8. The van der Waals surface area contributed by atoms with Crippen molar-refractivity contribution in [3.63, 3.8) is 0 Å². The van der Waals surface area contributed by atoms with E-state index in [4.69, 9.17) is 0 Å². The van der Waals surface area contributed by atoms with Crippen LogP contribution in [-0.4, -0.2) is 53.9 Å². The first-order valence-corrected chi connectivity index (χ1v) is 10.4. The molecule has 2 heterocycles. The van der Waals surface area contributed by atoms with Gasteiger partial charge in [0.25, 0.3) is 5.91 Å². The van der Waals surface area contributed by atoms with Gasteiger partial charge in [0.1, 0.15) is 6.04 Å². The molecule has 0 saturated carbocycles. The van der Waals surface area contributed by atoms with E-state index in [9.17, 15) is 9.59 Å². The molecular formula is C23H32Cl2N4O2. The highest BCUT2D eigenvalue weighted by atomic mass is 35.5. The van der Waals surface area contributed by atoms with Crippen molar-refractivity contribution in [3.8, 4) is 0 Å². The fourth-order valence-corrected chi connectivity index (χ4v) is 3.71. The van der Waals surface area contributed by atoms with E-state index >= 15 is 0 Å². The number of amides is 2. The molecule has 1 fully saturated rings. The average molecular weight is 467 g/mol. The second kappa shape index (κ2) is 14.0. The molecule has 8 heteroatoms. The monoisotopic (exact) mass is 466 g/mol. The maximum Gasteiger partial charge on any atom is 0.253 e. The van der Waals surface area contributed by atoms with Gasteiger partial charge in [-0.25, -0.2) is 0 Å². The van der Waals surface area contributed by atoms with Crippen LogP contribution in [0.3, 0.4) is 0 Å². The second-order valence-electron chi connectivity index (χ2n) is 7.53. The van der Waals surface area contributed by atoms with Crippen LogP contribution < -0.4 is 10.6 Å². The zero-order chi connectivity index (χ0) is 20.5. The lowest BCUT2D eigenvalue weighted by atomic mass is 9.95. The first-order valence-electron chi connectivity index (χ1n) is 10.4. The smallest absolute Gasteiger partial charge is 0.253 e. The standard InChI is InChI=1S/C23H30N4O2.2ClH/c1-2-24-16-19-10-13-27(14-11-19)23(29)21(15-18-7-4-3-5-8-18)26-22(28)20-9-6-12-25-17-20;;/h3-9,12,17,19,21,24H,2,10-11,13-16H2,1H3,(H,26,28);2*1H. The van der Waals surface area contributed by atoms with Crippen molar-refractivity contribution in [2.45, 2.75) is 32.2 Å². The summed E-state index contributed by atoms with van der Waals surface area (Å²) >= 11 is 0. The number of hydrogen-bond acceptors (Lipinski definition) is 4. The Morgan fingerprint density at radius 1 is 1.10 bits per heavy atom. The number of pyridine rings is 1. The van der Waals surface area contributed by atoms with E-state index in [0.717, 1.165) is 44.6 Å². The predicted molar refractivity (Wildman–Crippen MR) is 128 cm³/mol. The molecule has 0 aliphatic carbocycles. The molecule has 0 bridgehead atoms.